The number of aliphatic carboxylic acids is 1. The van der Waals surface area contributed by atoms with Gasteiger partial charge in [0.25, 0.3) is 5.79 Å². The number of hydrogen-bond acceptors (Lipinski definition) is 36. The highest BCUT2D eigenvalue weighted by Gasteiger charge is 2.62. The van der Waals surface area contributed by atoms with Gasteiger partial charge >= 0.3 is 21.6 Å². The molecule has 41 heteroatoms. The number of carbonyl (C=O) groups is 1. The van der Waals surface area contributed by atoms with Crippen molar-refractivity contribution in [2.45, 2.75) is 178 Å². The van der Waals surface area contributed by atoms with Gasteiger partial charge in [0.1, 0.15) is 134 Å². The van der Waals surface area contributed by atoms with Crippen LogP contribution in [0.15, 0.2) is 0 Å². The summed E-state index contributed by atoms with van der Waals surface area (Å²) in [5.41, 5.74) is 5.24. The van der Waals surface area contributed by atoms with Crippen molar-refractivity contribution < 1.29 is 182 Å². The van der Waals surface area contributed by atoms with Gasteiger partial charge in [-0.15, -0.1) is 0 Å². The number of hydrogen-bond donors (Lipinski definition) is 24. The smallest absolute Gasteiger partial charge is 0.477 e. The van der Waals surface area contributed by atoms with E-state index >= 15 is 0 Å². The molecule has 5 fully saturated rings. The van der Waals surface area contributed by atoms with Gasteiger partial charge in [-0.2, -0.15) is 4.31 Å². The molecule has 5 aliphatic heterocycles. The number of phosphoric acid groups is 2. The highest BCUT2D eigenvalue weighted by Crippen LogP contribution is 2.62. The van der Waals surface area contributed by atoms with Crippen LogP contribution >= 0.6 is 15.6 Å². The second-order valence-corrected chi connectivity index (χ2v) is 21.8. The molecule has 0 amide bonds. The van der Waals surface area contributed by atoms with Crippen molar-refractivity contribution in [2.75, 3.05) is 59.3 Å². The summed E-state index contributed by atoms with van der Waals surface area (Å²) >= 11 is 0. The van der Waals surface area contributed by atoms with E-state index in [0.29, 0.717) is 0 Å². The van der Waals surface area contributed by atoms with E-state index in [1.54, 1.807) is 0 Å². The molecule has 39 nitrogen and oxygen atoms in total. The molecular formula is C39H72N2O37P2. The van der Waals surface area contributed by atoms with Gasteiger partial charge < -0.3 is 166 Å². The average molecular weight is 1220 g/mol. The average Bonchev–Trinajstić information content (AvgIpc) is 3.41. The van der Waals surface area contributed by atoms with E-state index in [-0.39, 0.29) is 6.54 Å². The van der Waals surface area contributed by atoms with Crippen LogP contribution in [0.1, 0.15) is 6.42 Å². The Morgan fingerprint density at radius 2 is 1.09 bits per heavy atom. The first kappa shape index (κ1) is 69.3. The van der Waals surface area contributed by atoms with Crippen molar-refractivity contribution >= 4 is 21.6 Å². The second-order valence-electron chi connectivity index (χ2n) is 18.8. The number of nitrogens with two attached hydrogens (primary N) is 1. The van der Waals surface area contributed by atoms with Gasteiger partial charge in [0.2, 0.25) is 0 Å². The fourth-order valence-electron chi connectivity index (χ4n) is 9.13. The first-order valence-corrected chi connectivity index (χ1v) is 27.3. The Bertz CT molecular complexity index is 2010. The molecule has 0 aromatic rings. The highest BCUT2D eigenvalue weighted by atomic mass is 31.3. The number of aliphatic hydroxyl groups is 19. The summed E-state index contributed by atoms with van der Waals surface area (Å²) in [6.45, 7) is -8.25. The van der Waals surface area contributed by atoms with Crippen molar-refractivity contribution in [3.8, 4) is 0 Å². The molecule has 0 radical (unpaired) electrons. The zero-order valence-corrected chi connectivity index (χ0v) is 43.4. The summed E-state index contributed by atoms with van der Waals surface area (Å²) in [7, 11) is -11.8. The van der Waals surface area contributed by atoms with Gasteiger partial charge in [-0.25, -0.2) is 13.9 Å². The van der Waals surface area contributed by atoms with Crippen LogP contribution in [0.2, 0.25) is 0 Å². The van der Waals surface area contributed by atoms with Gasteiger partial charge in [0.05, 0.1) is 52.3 Å². The van der Waals surface area contributed by atoms with Gasteiger partial charge in [0.15, 0.2) is 25.2 Å². The molecule has 0 aromatic heterocycles. The lowest BCUT2D eigenvalue weighted by atomic mass is 9.91. The molecule has 30 atom stereocenters. The van der Waals surface area contributed by atoms with E-state index in [4.69, 9.17) is 52.9 Å². The molecule has 5 heterocycles. The molecule has 25 N–H and O–H groups in total. The van der Waals surface area contributed by atoms with Crippen LogP contribution < -0.4 is 11.1 Å². The van der Waals surface area contributed by atoms with E-state index in [1.807, 2.05) is 0 Å². The third kappa shape index (κ3) is 16.1. The summed E-state index contributed by atoms with van der Waals surface area (Å²) < 4.78 is 91.5. The zero-order chi connectivity index (χ0) is 59.9. The Hall–Kier alpha value is -1.47. The zero-order valence-electron chi connectivity index (χ0n) is 41.6. The normalized spacial score (nSPS) is 44.0. The van der Waals surface area contributed by atoms with Crippen LogP contribution in [0.4, 0.5) is 0 Å². The Morgan fingerprint density at radius 1 is 0.588 bits per heavy atom. The fourth-order valence-corrected chi connectivity index (χ4v) is 11.4. The van der Waals surface area contributed by atoms with Crippen LogP contribution in [0.25, 0.3) is 0 Å². The Balaban J connectivity index is 1.69. The van der Waals surface area contributed by atoms with E-state index in [2.05, 4.69) is 14.2 Å². The molecule has 0 aliphatic carbocycles. The lowest BCUT2D eigenvalue weighted by Gasteiger charge is -2.52. The van der Waals surface area contributed by atoms with E-state index in [0.717, 1.165) is 0 Å². The van der Waals surface area contributed by atoms with Crippen molar-refractivity contribution in [3.63, 3.8) is 0 Å². The molecule has 5 saturated heterocycles. The number of rotatable bonds is 28. The van der Waals surface area contributed by atoms with Gasteiger partial charge in [-0.3, -0.25) is 9.05 Å². The number of carboxylic acid groups (broad SMARTS) is 1. The minimum absolute atomic E-state index is 0.339. The Labute approximate surface area is 451 Å². The largest absolute Gasteiger partial charge is 0.481 e. The molecule has 0 saturated carbocycles. The molecule has 0 bridgehead atoms. The maximum Gasteiger partial charge on any atom is 0.481 e. The summed E-state index contributed by atoms with van der Waals surface area (Å²) in [6, 6.07) is -1.52. The van der Waals surface area contributed by atoms with Gasteiger partial charge in [-0.1, -0.05) is 0 Å². The minimum Gasteiger partial charge on any atom is -0.477 e. The van der Waals surface area contributed by atoms with Crippen LogP contribution in [0.3, 0.4) is 0 Å². The van der Waals surface area contributed by atoms with Crippen molar-refractivity contribution in [3.05, 3.63) is 0 Å². The molecule has 0 aromatic carbocycles. The lowest BCUT2D eigenvalue weighted by Crippen LogP contribution is -2.71. The van der Waals surface area contributed by atoms with Crippen LogP contribution in [-0.2, 0) is 69.9 Å². The predicted octanol–water partition coefficient (Wildman–Crippen LogP) is -14.2. The highest BCUT2D eigenvalue weighted by molar-refractivity contribution is 7.61. The summed E-state index contributed by atoms with van der Waals surface area (Å²) in [5, 5.41) is 217. The predicted molar refractivity (Wildman–Crippen MR) is 243 cm³/mol. The van der Waals surface area contributed by atoms with Crippen molar-refractivity contribution in [2.24, 2.45) is 5.73 Å². The van der Waals surface area contributed by atoms with Gasteiger partial charge in [-0.05, 0) is 0 Å². The fraction of sp³-hybridized carbons (Fsp3) is 0.974. The van der Waals surface area contributed by atoms with Crippen LogP contribution in [0, 0.1) is 0 Å². The number of aliphatic hydroxyl groups excluding tert-OH is 18. The molecular weight excluding hydrogens is 1150 g/mol. The van der Waals surface area contributed by atoms with E-state index < -0.39 is 252 Å². The molecule has 2 unspecified atom stereocenters. The van der Waals surface area contributed by atoms with Crippen molar-refractivity contribution in [1.82, 2.24) is 5.32 Å². The monoisotopic (exact) mass is 1220 g/mol. The van der Waals surface area contributed by atoms with Crippen LogP contribution in [-0.4, -0.2) is 349 Å². The first-order chi connectivity index (χ1) is 37.5. The van der Waals surface area contributed by atoms with Crippen molar-refractivity contribution in [1.29, 1.82) is 0 Å². The van der Waals surface area contributed by atoms with Gasteiger partial charge in [0, 0.05) is 19.5 Å². The molecule has 80 heavy (non-hydrogen) atoms. The number of phosphoric ester groups is 2. The topological polar surface area (TPSA) is 645 Å². The lowest BCUT2D eigenvalue weighted by molar-refractivity contribution is -0.412. The standard InChI is InChI=1S/C39H72N2O37P2/c40-1-4-67-79(63,64)78-80(65,66)77-15-5-39(62,38(60)61)76-29(14(50)9-46)30(15)72-36-25(59)31(33(28(71-36)13(49)8-45)75-34-23(57)18(52)17(51)16(10-47)68-34)73-37-32(22(56)21(55)26(69-37)11(6-43)41-2-3-42)74-35-24(58)19(53)20(54)27(70-35)12(48)7-44/h11-37,41-59,62H,1-10,40H2,(H,60,61)(H,63,64)(H,65,66)/t11-,12-,13-,14+,15+,16+,17+,18-,19-,20-,21-,22-,23+,24-,25-,26+,27+,28+,29+,30+,31+,32-,33+,34-,35+,36+,37+,39+/m0/s1. The van der Waals surface area contributed by atoms with Crippen LogP contribution in [0.5, 0.6) is 0 Å². The third-order valence-corrected chi connectivity index (χ3v) is 15.9. The number of ether oxygens (including phenoxy) is 9. The Morgan fingerprint density at radius 3 is 1.65 bits per heavy atom. The quantitative estimate of drug-likeness (QED) is 0.0324. The molecule has 5 aliphatic rings. The summed E-state index contributed by atoms with van der Waals surface area (Å²) in [6.07, 6.45) is -62.5. The summed E-state index contributed by atoms with van der Waals surface area (Å²) in [5.74, 6) is -5.91. The second kappa shape index (κ2) is 29.8. The first-order valence-electron chi connectivity index (χ1n) is 24.3. The van der Waals surface area contributed by atoms with E-state index in [1.165, 1.54) is 0 Å². The maximum atomic E-state index is 13.4. The number of nitrogens with one attached hydrogen (secondary N) is 1. The summed E-state index contributed by atoms with van der Waals surface area (Å²) in [4.78, 5) is 33.2. The maximum absolute atomic E-state index is 13.4. The third-order valence-electron chi connectivity index (χ3n) is 13.2. The molecule has 5 rings (SSSR count). The Kier molecular flexibility index (Phi) is 25.8. The number of carboxylic acids is 1. The molecule has 470 valence electrons. The SMILES string of the molecule is NCCOP(=O)(O)OP(=O)(O)O[C@@H]1C[C@](O)(C(=O)O)O[C@H]([C@H](O)CO)[C@@H]1O[C@H]1O[C@H]([C@@H](O)CO)[C@@H](O[C@@H]2O[C@H](CO)[C@@H](O)[C@H](O)[C@H]2O)[C@H](O[C@H]2O[C@H]([C@H](CO)NCCO)[C@@H](O)[C@H](O)[C@@H]2O[C@H]2O[C@H]([C@@H](O)CO)[C@@H](O)[C@H](O)[C@@H]2O)[C@@H]1O. The molecule has 0 spiro atoms. The van der Waals surface area contributed by atoms with E-state index in [9.17, 15) is 126 Å². The minimum atomic E-state index is -6.16.